The average molecular weight is 265 g/mol. The highest BCUT2D eigenvalue weighted by molar-refractivity contribution is 4.91. The third kappa shape index (κ3) is 3.76. The lowest BCUT2D eigenvalue weighted by molar-refractivity contribution is 0.107. The maximum atomic E-state index is 4.41. The van der Waals surface area contributed by atoms with Crippen molar-refractivity contribution in [3.8, 4) is 0 Å². The molecule has 0 bridgehead atoms. The van der Waals surface area contributed by atoms with Crippen LogP contribution < -0.4 is 5.32 Å². The van der Waals surface area contributed by atoms with Crippen molar-refractivity contribution in [2.24, 2.45) is 5.92 Å². The maximum Gasteiger partial charge on any atom is 0.141 e. The third-order valence-corrected chi connectivity index (χ3v) is 3.81. The second-order valence-corrected chi connectivity index (χ2v) is 6.01. The number of hydrogen-bond donors (Lipinski definition) is 1. The fourth-order valence-corrected chi connectivity index (χ4v) is 2.86. The lowest BCUT2D eigenvalue weighted by Crippen LogP contribution is -2.55. The molecular weight excluding hydrogens is 238 g/mol. The molecule has 108 valence electrons. The highest BCUT2D eigenvalue weighted by Gasteiger charge is 2.27. The van der Waals surface area contributed by atoms with Gasteiger partial charge in [0.05, 0.1) is 6.54 Å². The molecule has 1 aromatic heterocycles. The number of nitrogens with one attached hydrogen (secondary N) is 1. The third-order valence-electron chi connectivity index (χ3n) is 3.81. The molecule has 1 aliphatic heterocycles. The van der Waals surface area contributed by atoms with Gasteiger partial charge in [0.1, 0.15) is 12.2 Å². The lowest BCUT2D eigenvalue weighted by Gasteiger charge is -2.40. The molecule has 0 aromatic carbocycles. The zero-order valence-corrected chi connectivity index (χ0v) is 12.6. The van der Waals surface area contributed by atoms with Crippen LogP contribution in [0.25, 0.3) is 0 Å². The van der Waals surface area contributed by atoms with E-state index in [1.165, 1.54) is 6.42 Å². The summed E-state index contributed by atoms with van der Waals surface area (Å²) in [5, 5.41) is 7.86. The Balaban J connectivity index is 2.05. The maximum absolute atomic E-state index is 4.41. The first-order chi connectivity index (χ1) is 9.10. The Labute approximate surface area is 116 Å². The predicted octanol–water partition coefficient (Wildman–Crippen LogP) is 1.51. The van der Waals surface area contributed by atoms with Crippen molar-refractivity contribution in [2.45, 2.75) is 59.3 Å². The molecule has 1 saturated heterocycles. The molecule has 1 aliphatic rings. The first-order valence-electron chi connectivity index (χ1n) is 7.44. The SMILES string of the molecule is CCn1ncnc1CN1CC(C)NCC1CC(C)C. The molecule has 2 heterocycles. The van der Waals surface area contributed by atoms with Crippen molar-refractivity contribution in [1.29, 1.82) is 0 Å². The predicted molar refractivity (Wildman–Crippen MR) is 76.8 cm³/mol. The highest BCUT2D eigenvalue weighted by Crippen LogP contribution is 2.17. The van der Waals surface area contributed by atoms with E-state index in [2.05, 4.69) is 48.0 Å². The summed E-state index contributed by atoms with van der Waals surface area (Å²) in [5.74, 6) is 1.82. The van der Waals surface area contributed by atoms with Gasteiger partial charge in [-0.2, -0.15) is 5.10 Å². The van der Waals surface area contributed by atoms with Gasteiger partial charge in [-0.1, -0.05) is 13.8 Å². The van der Waals surface area contributed by atoms with Gasteiger partial charge in [0, 0.05) is 31.7 Å². The van der Waals surface area contributed by atoms with E-state index >= 15 is 0 Å². The molecule has 1 N–H and O–H groups in total. The minimum Gasteiger partial charge on any atom is -0.311 e. The van der Waals surface area contributed by atoms with Crippen LogP contribution in [0.5, 0.6) is 0 Å². The molecule has 0 radical (unpaired) electrons. The second kappa shape index (κ2) is 6.48. The van der Waals surface area contributed by atoms with E-state index in [9.17, 15) is 0 Å². The van der Waals surface area contributed by atoms with E-state index in [1.54, 1.807) is 6.33 Å². The zero-order chi connectivity index (χ0) is 13.8. The van der Waals surface area contributed by atoms with E-state index in [0.29, 0.717) is 12.1 Å². The number of nitrogens with zero attached hydrogens (tertiary/aromatic N) is 4. The molecule has 19 heavy (non-hydrogen) atoms. The van der Waals surface area contributed by atoms with Gasteiger partial charge in [-0.3, -0.25) is 4.90 Å². The van der Waals surface area contributed by atoms with Crippen LogP contribution in [0, 0.1) is 5.92 Å². The summed E-state index contributed by atoms with van der Waals surface area (Å²) >= 11 is 0. The summed E-state index contributed by atoms with van der Waals surface area (Å²) in [4.78, 5) is 6.98. The van der Waals surface area contributed by atoms with Crippen LogP contribution in [-0.4, -0.2) is 44.8 Å². The molecule has 0 saturated carbocycles. The number of piperazine rings is 1. The second-order valence-electron chi connectivity index (χ2n) is 6.01. The van der Waals surface area contributed by atoms with Gasteiger partial charge in [0.25, 0.3) is 0 Å². The fraction of sp³-hybridized carbons (Fsp3) is 0.857. The van der Waals surface area contributed by atoms with Gasteiger partial charge < -0.3 is 5.32 Å². The first-order valence-corrected chi connectivity index (χ1v) is 7.44. The topological polar surface area (TPSA) is 46.0 Å². The van der Waals surface area contributed by atoms with Crippen molar-refractivity contribution in [2.75, 3.05) is 13.1 Å². The summed E-state index contributed by atoms with van der Waals surface area (Å²) in [6, 6.07) is 1.17. The molecule has 5 heteroatoms. The van der Waals surface area contributed by atoms with Gasteiger partial charge in [-0.25, -0.2) is 9.67 Å². The van der Waals surface area contributed by atoms with Crippen LogP contribution in [0.4, 0.5) is 0 Å². The molecule has 5 nitrogen and oxygen atoms in total. The van der Waals surface area contributed by atoms with E-state index in [-0.39, 0.29) is 0 Å². The van der Waals surface area contributed by atoms with Crippen molar-refractivity contribution in [1.82, 2.24) is 25.0 Å². The van der Waals surface area contributed by atoms with Crippen LogP contribution in [0.3, 0.4) is 0 Å². The molecule has 1 fully saturated rings. The van der Waals surface area contributed by atoms with E-state index < -0.39 is 0 Å². The van der Waals surface area contributed by atoms with E-state index in [4.69, 9.17) is 0 Å². The van der Waals surface area contributed by atoms with Gasteiger partial charge in [0.2, 0.25) is 0 Å². The summed E-state index contributed by atoms with van der Waals surface area (Å²) in [6.45, 7) is 12.9. The summed E-state index contributed by atoms with van der Waals surface area (Å²) in [6.07, 6.45) is 2.90. The highest BCUT2D eigenvalue weighted by atomic mass is 15.4. The van der Waals surface area contributed by atoms with Crippen LogP contribution >= 0.6 is 0 Å². The molecule has 2 rings (SSSR count). The quantitative estimate of drug-likeness (QED) is 0.876. The number of aryl methyl sites for hydroxylation is 1. The molecule has 0 aliphatic carbocycles. The zero-order valence-electron chi connectivity index (χ0n) is 12.6. The van der Waals surface area contributed by atoms with Crippen LogP contribution in [0.2, 0.25) is 0 Å². The Bertz CT molecular complexity index is 387. The van der Waals surface area contributed by atoms with Gasteiger partial charge >= 0.3 is 0 Å². The lowest BCUT2D eigenvalue weighted by atomic mass is 9.99. The van der Waals surface area contributed by atoms with Crippen molar-refractivity contribution in [3.05, 3.63) is 12.2 Å². The van der Waals surface area contributed by atoms with Crippen molar-refractivity contribution in [3.63, 3.8) is 0 Å². The first kappa shape index (κ1) is 14.5. The molecule has 0 spiro atoms. The largest absolute Gasteiger partial charge is 0.311 e. The van der Waals surface area contributed by atoms with Gasteiger partial charge in [-0.05, 0) is 26.2 Å². The average Bonchev–Trinajstić information content (AvgIpc) is 2.79. The fourth-order valence-electron chi connectivity index (χ4n) is 2.86. The summed E-state index contributed by atoms with van der Waals surface area (Å²) in [5.41, 5.74) is 0. The normalized spacial score (nSPS) is 25.1. The number of hydrogen-bond acceptors (Lipinski definition) is 4. The van der Waals surface area contributed by atoms with Crippen molar-refractivity contribution >= 4 is 0 Å². The smallest absolute Gasteiger partial charge is 0.141 e. The molecule has 1 aromatic rings. The summed E-state index contributed by atoms with van der Waals surface area (Å²) in [7, 11) is 0. The Morgan fingerprint density at radius 3 is 2.95 bits per heavy atom. The Hall–Kier alpha value is -0.940. The van der Waals surface area contributed by atoms with Gasteiger partial charge in [0.15, 0.2) is 0 Å². The Morgan fingerprint density at radius 1 is 1.47 bits per heavy atom. The number of rotatable bonds is 5. The molecule has 2 atom stereocenters. The van der Waals surface area contributed by atoms with Crippen molar-refractivity contribution < 1.29 is 0 Å². The van der Waals surface area contributed by atoms with Gasteiger partial charge in [-0.15, -0.1) is 0 Å². The molecule has 0 amide bonds. The summed E-state index contributed by atoms with van der Waals surface area (Å²) < 4.78 is 2.00. The van der Waals surface area contributed by atoms with Crippen LogP contribution in [0.1, 0.15) is 39.9 Å². The minimum absolute atomic E-state index is 0.557. The van der Waals surface area contributed by atoms with E-state index in [1.807, 2.05) is 4.68 Å². The van der Waals surface area contributed by atoms with Crippen LogP contribution in [-0.2, 0) is 13.1 Å². The number of aromatic nitrogens is 3. The van der Waals surface area contributed by atoms with E-state index in [0.717, 1.165) is 37.9 Å². The minimum atomic E-state index is 0.557. The monoisotopic (exact) mass is 265 g/mol. The Morgan fingerprint density at radius 2 is 2.26 bits per heavy atom. The molecule has 2 unspecified atom stereocenters. The molecular formula is C14H27N5. The standard InChI is InChI=1S/C14H27N5/c1-5-19-14(16-10-17-19)9-18-8-12(4)15-7-13(18)6-11(2)3/h10-13,15H,5-9H2,1-4H3. The Kier molecular flexibility index (Phi) is 4.93. The van der Waals surface area contributed by atoms with Crippen LogP contribution in [0.15, 0.2) is 6.33 Å².